The number of carbonyl (C=O) groups excluding carboxylic acids is 1. The number of nitrogens with zero attached hydrogens (tertiary/aromatic N) is 1. The highest BCUT2D eigenvalue weighted by atomic mass is 32.2. The summed E-state index contributed by atoms with van der Waals surface area (Å²) in [6.45, 7) is 7.84. The molecule has 2 aromatic carbocycles. The van der Waals surface area contributed by atoms with Gasteiger partial charge in [-0.05, 0) is 57.5 Å². The molecule has 1 amide bonds. The maximum Gasteiger partial charge on any atom is 0.258 e. The molecule has 6 heteroatoms. The molecular weight excluding hydrogens is 336 g/mol. The average Bonchev–Trinajstić information content (AvgIpc) is 2.56. The number of hydrogen-bond acceptors (Lipinski definition) is 3. The van der Waals surface area contributed by atoms with Gasteiger partial charge in [-0.25, -0.2) is 13.1 Å². The molecule has 25 heavy (non-hydrogen) atoms. The second kappa shape index (κ2) is 7.80. The minimum absolute atomic E-state index is 0.0906. The summed E-state index contributed by atoms with van der Waals surface area (Å²) in [6, 6.07) is 13.6. The van der Waals surface area contributed by atoms with Gasteiger partial charge in [-0.2, -0.15) is 0 Å². The van der Waals surface area contributed by atoms with E-state index < -0.39 is 10.0 Å². The van der Waals surface area contributed by atoms with E-state index in [1.165, 1.54) is 12.1 Å². The van der Waals surface area contributed by atoms with Crippen molar-refractivity contribution in [1.29, 1.82) is 0 Å². The molecule has 2 aromatic rings. The molecule has 0 aliphatic rings. The Kier molecular flexibility index (Phi) is 5.98. The van der Waals surface area contributed by atoms with Crippen molar-refractivity contribution in [2.45, 2.75) is 38.6 Å². The van der Waals surface area contributed by atoms with Crippen LogP contribution in [-0.2, 0) is 10.0 Å². The van der Waals surface area contributed by atoms with Gasteiger partial charge in [-0.15, -0.1) is 0 Å². The second-order valence-corrected chi connectivity index (χ2v) is 7.85. The van der Waals surface area contributed by atoms with Crippen molar-refractivity contribution >= 4 is 21.6 Å². The Labute approximate surface area is 149 Å². The number of rotatable bonds is 6. The van der Waals surface area contributed by atoms with Gasteiger partial charge in [-0.1, -0.05) is 24.3 Å². The highest BCUT2D eigenvalue weighted by molar-refractivity contribution is 7.89. The van der Waals surface area contributed by atoms with E-state index in [1.807, 2.05) is 38.1 Å². The van der Waals surface area contributed by atoms with Gasteiger partial charge >= 0.3 is 0 Å². The third-order valence-electron chi connectivity index (χ3n) is 3.75. The fraction of sp³-hybridized carbons (Fsp3) is 0.316. The van der Waals surface area contributed by atoms with Crippen LogP contribution in [0.25, 0.3) is 0 Å². The smallest absolute Gasteiger partial charge is 0.258 e. The summed E-state index contributed by atoms with van der Waals surface area (Å²) in [5, 5.41) is 0. The number of aryl methyl sites for hydroxylation is 1. The molecule has 5 nitrogen and oxygen atoms in total. The summed E-state index contributed by atoms with van der Waals surface area (Å²) in [5.41, 5.74) is 2.16. The summed E-state index contributed by atoms with van der Waals surface area (Å²) in [6.07, 6.45) is 0. The predicted octanol–water partition coefficient (Wildman–Crippen LogP) is 3.35. The Morgan fingerprint density at radius 1 is 1.12 bits per heavy atom. The van der Waals surface area contributed by atoms with Crippen molar-refractivity contribution in [3.63, 3.8) is 0 Å². The normalized spacial score (nSPS) is 11.6. The van der Waals surface area contributed by atoms with Gasteiger partial charge in [0.1, 0.15) is 0 Å². The van der Waals surface area contributed by atoms with Crippen molar-refractivity contribution in [2.75, 3.05) is 11.4 Å². The van der Waals surface area contributed by atoms with E-state index in [0.29, 0.717) is 12.1 Å². The lowest BCUT2D eigenvalue weighted by molar-refractivity contribution is 0.0988. The maximum absolute atomic E-state index is 12.9. The molecule has 0 aliphatic carbocycles. The van der Waals surface area contributed by atoms with Crippen LogP contribution in [0.2, 0.25) is 0 Å². The molecule has 0 aliphatic heterocycles. The number of carbonyl (C=O) groups is 1. The van der Waals surface area contributed by atoms with Crippen LogP contribution in [0.15, 0.2) is 53.4 Å². The van der Waals surface area contributed by atoms with E-state index in [4.69, 9.17) is 0 Å². The largest absolute Gasteiger partial charge is 0.308 e. The van der Waals surface area contributed by atoms with E-state index in [1.54, 1.807) is 30.9 Å². The first-order valence-corrected chi connectivity index (χ1v) is 9.74. The minimum atomic E-state index is -3.64. The summed E-state index contributed by atoms with van der Waals surface area (Å²) in [7, 11) is -3.64. The Balaban J connectivity index is 2.40. The Hall–Kier alpha value is -2.18. The third kappa shape index (κ3) is 4.46. The molecule has 2 rings (SSSR count). The lowest BCUT2D eigenvalue weighted by atomic mass is 10.1. The molecule has 0 fully saturated rings. The summed E-state index contributed by atoms with van der Waals surface area (Å²) < 4.78 is 27.2. The Bertz CT molecular complexity index is 860. The topological polar surface area (TPSA) is 66.5 Å². The van der Waals surface area contributed by atoms with Gasteiger partial charge in [0.05, 0.1) is 4.90 Å². The van der Waals surface area contributed by atoms with Crippen LogP contribution in [-0.4, -0.2) is 26.9 Å². The van der Waals surface area contributed by atoms with Gasteiger partial charge in [-0.3, -0.25) is 4.79 Å². The molecule has 0 unspecified atom stereocenters. The van der Waals surface area contributed by atoms with Gasteiger partial charge in [0.15, 0.2) is 0 Å². The summed E-state index contributed by atoms with van der Waals surface area (Å²) in [5.74, 6) is -0.224. The number of benzene rings is 2. The number of anilines is 1. The van der Waals surface area contributed by atoms with Gasteiger partial charge < -0.3 is 4.90 Å². The third-order valence-corrected chi connectivity index (χ3v) is 5.41. The van der Waals surface area contributed by atoms with Gasteiger partial charge in [0.25, 0.3) is 5.91 Å². The van der Waals surface area contributed by atoms with E-state index in [9.17, 15) is 13.2 Å². The zero-order chi connectivity index (χ0) is 18.6. The van der Waals surface area contributed by atoms with Crippen LogP contribution in [0.5, 0.6) is 0 Å². The number of hydrogen-bond donors (Lipinski definition) is 1. The van der Waals surface area contributed by atoms with Crippen LogP contribution in [0, 0.1) is 6.92 Å². The van der Waals surface area contributed by atoms with Crippen LogP contribution in [0.3, 0.4) is 0 Å². The molecule has 134 valence electrons. The van der Waals surface area contributed by atoms with Crippen molar-refractivity contribution in [3.05, 3.63) is 59.7 Å². The Morgan fingerprint density at radius 2 is 1.80 bits per heavy atom. The quantitative estimate of drug-likeness (QED) is 0.859. The fourth-order valence-electron chi connectivity index (χ4n) is 2.62. The minimum Gasteiger partial charge on any atom is -0.308 e. The first-order valence-electron chi connectivity index (χ1n) is 8.26. The monoisotopic (exact) mass is 360 g/mol. The van der Waals surface area contributed by atoms with Crippen molar-refractivity contribution in [3.8, 4) is 0 Å². The second-order valence-electron chi connectivity index (χ2n) is 6.14. The lowest BCUT2D eigenvalue weighted by Gasteiger charge is -2.23. The number of sulfonamides is 1. The van der Waals surface area contributed by atoms with Crippen molar-refractivity contribution in [2.24, 2.45) is 0 Å². The molecule has 1 N–H and O–H groups in total. The van der Waals surface area contributed by atoms with Crippen molar-refractivity contribution in [1.82, 2.24) is 4.72 Å². The van der Waals surface area contributed by atoms with Gasteiger partial charge in [0, 0.05) is 23.8 Å². The van der Waals surface area contributed by atoms with Crippen molar-refractivity contribution < 1.29 is 13.2 Å². The SMILES string of the molecule is CCN(C(=O)c1cccc(S(=O)(=O)NC(C)C)c1)c1ccccc1C. The van der Waals surface area contributed by atoms with Crippen LogP contribution in [0.4, 0.5) is 5.69 Å². The van der Waals surface area contributed by atoms with E-state index in [-0.39, 0.29) is 16.8 Å². The number of para-hydroxylation sites is 1. The zero-order valence-corrected chi connectivity index (χ0v) is 15.8. The van der Waals surface area contributed by atoms with Crippen LogP contribution in [0.1, 0.15) is 36.7 Å². The van der Waals surface area contributed by atoms with Gasteiger partial charge in [0.2, 0.25) is 10.0 Å². The lowest BCUT2D eigenvalue weighted by Crippen LogP contribution is -2.32. The average molecular weight is 360 g/mol. The highest BCUT2D eigenvalue weighted by Crippen LogP contribution is 2.22. The molecule has 0 radical (unpaired) electrons. The maximum atomic E-state index is 12.9. The first-order chi connectivity index (χ1) is 11.8. The predicted molar refractivity (Wildman–Crippen MR) is 100 cm³/mol. The zero-order valence-electron chi connectivity index (χ0n) is 15.0. The molecule has 0 heterocycles. The standard InChI is InChI=1S/C19H24N2O3S/c1-5-21(18-12-7-6-9-15(18)4)19(22)16-10-8-11-17(13-16)25(23,24)20-14(2)3/h6-14,20H,5H2,1-4H3. The number of amides is 1. The fourth-order valence-corrected chi connectivity index (χ4v) is 3.92. The molecule has 0 spiro atoms. The molecule has 0 saturated carbocycles. The summed E-state index contributed by atoms with van der Waals surface area (Å²) in [4.78, 5) is 14.7. The Morgan fingerprint density at radius 3 is 2.40 bits per heavy atom. The van der Waals surface area contributed by atoms with Crippen LogP contribution >= 0.6 is 0 Å². The molecule has 0 bridgehead atoms. The molecule has 0 atom stereocenters. The van der Waals surface area contributed by atoms with E-state index >= 15 is 0 Å². The highest BCUT2D eigenvalue weighted by Gasteiger charge is 2.21. The first kappa shape index (κ1) is 19.1. The molecule has 0 saturated heterocycles. The van der Waals surface area contributed by atoms with E-state index in [2.05, 4.69) is 4.72 Å². The molecular formula is C19H24N2O3S. The summed E-state index contributed by atoms with van der Waals surface area (Å²) >= 11 is 0. The molecule has 0 aromatic heterocycles. The number of nitrogens with one attached hydrogen (secondary N) is 1. The van der Waals surface area contributed by atoms with Crippen LogP contribution < -0.4 is 9.62 Å². The van der Waals surface area contributed by atoms with E-state index in [0.717, 1.165) is 11.3 Å².